The lowest BCUT2D eigenvalue weighted by Gasteiger charge is -2.18. The maximum Gasteiger partial charge on any atom is 0.306 e. The van der Waals surface area contributed by atoms with Crippen molar-refractivity contribution in [1.29, 1.82) is 0 Å². The summed E-state index contributed by atoms with van der Waals surface area (Å²) in [6, 6.07) is 0. The molecule has 1 atom stereocenters. The van der Waals surface area contributed by atoms with Crippen molar-refractivity contribution < 1.29 is 28.6 Å². The first-order chi connectivity index (χ1) is 35.0. The zero-order valence-corrected chi connectivity index (χ0v) is 47.5. The molecule has 0 saturated heterocycles. The lowest BCUT2D eigenvalue weighted by atomic mass is 10.0. The molecule has 0 rings (SSSR count). The smallest absolute Gasteiger partial charge is 0.306 e. The van der Waals surface area contributed by atoms with Gasteiger partial charge in [0.25, 0.3) is 0 Å². The summed E-state index contributed by atoms with van der Waals surface area (Å²) in [5.74, 6) is -0.867. The SMILES string of the molecule is CCCCC/C=C\CCCCCCCC(=O)OCC(COC(=O)CCCCCCCCCCCCCC/C=C\C/C=C\C/C=C\CCCCCCC)OC(=O)CCCCCCCCCCCCCCCC. The lowest BCUT2D eigenvalue weighted by Crippen LogP contribution is -2.30. The Bertz CT molecular complexity index is 1230. The Kier molecular flexibility index (Phi) is 57.7. The number of ether oxygens (including phenoxy) is 3. The van der Waals surface area contributed by atoms with Crippen LogP contribution in [0.1, 0.15) is 329 Å². The van der Waals surface area contributed by atoms with Crippen LogP contribution in [0.5, 0.6) is 0 Å². The Labute approximate surface area is 441 Å². The highest BCUT2D eigenvalue weighted by Crippen LogP contribution is 2.17. The molecule has 0 aliphatic heterocycles. The van der Waals surface area contributed by atoms with Crippen LogP contribution in [0.2, 0.25) is 0 Å². The topological polar surface area (TPSA) is 78.9 Å². The zero-order valence-electron chi connectivity index (χ0n) is 47.5. The molecule has 71 heavy (non-hydrogen) atoms. The molecule has 0 spiro atoms. The van der Waals surface area contributed by atoms with Gasteiger partial charge in [-0.05, 0) is 83.5 Å². The molecule has 0 bridgehead atoms. The van der Waals surface area contributed by atoms with E-state index >= 15 is 0 Å². The van der Waals surface area contributed by atoms with Crippen molar-refractivity contribution in [2.24, 2.45) is 0 Å². The molecule has 6 nitrogen and oxygen atoms in total. The number of rotatable bonds is 57. The van der Waals surface area contributed by atoms with E-state index in [1.54, 1.807) is 0 Å². The van der Waals surface area contributed by atoms with Crippen molar-refractivity contribution in [3.8, 4) is 0 Å². The zero-order chi connectivity index (χ0) is 51.4. The average Bonchev–Trinajstić information content (AvgIpc) is 3.37. The van der Waals surface area contributed by atoms with Gasteiger partial charge in [-0.25, -0.2) is 0 Å². The van der Waals surface area contributed by atoms with Crippen molar-refractivity contribution in [3.63, 3.8) is 0 Å². The van der Waals surface area contributed by atoms with Crippen LogP contribution in [0.15, 0.2) is 48.6 Å². The van der Waals surface area contributed by atoms with Gasteiger partial charge in [-0.3, -0.25) is 14.4 Å². The van der Waals surface area contributed by atoms with Gasteiger partial charge in [-0.2, -0.15) is 0 Å². The van der Waals surface area contributed by atoms with E-state index in [2.05, 4.69) is 69.4 Å². The molecule has 0 aromatic carbocycles. The second-order valence-corrected chi connectivity index (χ2v) is 21.0. The van der Waals surface area contributed by atoms with E-state index in [9.17, 15) is 14.4 Å². The maximum atomic E-state index is 12.8. The first kappa shape index (κ1) is 68.4. The molecule has 0 aromatic rings. The van der Waals surface area contributed by atoms with Crippen molar-refractivity contribution >= 4 is 17.9 Å². The molecular weight excluding hydrogens is 877 g/mol. The Morgan fingerprint density at radius 1 is 0.282 bits per heavy atom. The van der Waals surface area contributed by atoms with Crippen molar-refractivity contribution in [1.82, 2.24) is 0 Å². The molecule has 0 aromatic heterocycles. The Morgan fingerprint density at radius 3 is 0.831 bits per heavy atom. The molecule has 6 heteroatoms. The number of carbonyl (C=O) groups excluding carboxylic acids is 3. The Morgan fingerprint density at radius 2 is 0.507 bits per heavy atom. The van der Waals surface area contributed by atoms with Gasteiger partial charge < -0.3 is 14.2 Å². The lowest BCUT2D eigenvalue weighted by molar-refractivity contribution is -0.167. The summed E-state index contributed by atoms with van der Waals surface area (Å²) in [4.78, 5) is 38.2. The summed E-state index contributed by atoms with van der Waals surface area (Å²) in [7, 11) is 0. The quantitative estimate of drug-likeness (QED) is 0.0261. The number of allylic oxidation sites excluding steroid dienone is 8. The van der Waals surface area contributed by atoms with Crippen LogP contribution >= 0.6 is 0 Å². The summed E-state index contributed by atoms with van der Waals surface area (Å²) in [5.41, 5.74) is 0. The first-order valence-electron chi connectivity index (χ1n) is 31.1. The van der Waals surface area contributed by atoms with E-state index in [1.165, 1.54) is 212 Å². The van der Waals surface area contributed by atoms with Gasteiger partial charge in [0, 0.05) is 19.3 Å². The number of carbonyl (C=O) groups is 3. The summed E-state index contributed by atoms with van der Waals surface area (Å²) >= 11 is 0. The number of esters is 3. The number of hydrogen-bond acceptors (Lipinski definition) is 6. The minimum atomic E-state index is -0.774. The third kappa shape index (κ3) is 58.1. The predicted molar refractivity (Wildman–Crippen MR) is 307 cm³/mol. The van der Waals surface area contributed by atoms with E-state index in [0.717, 1.165) is 77.0 Å². The van der Waals surface area contributed by atoms with E-state index in [0.29, 0.717) is 19.3 Å². The highest BCUT2D eigenvalue weighted by Gasteiger charge is 2.19. The van der Waals surface area contributed by atoms with Crippen LogP contribution in [0.3, 0.4) is 0 Å². The molecule has 414 valence electrons. The van der Waals surface area contributed by atoms with Crippen molar-refractivity contribution in [2.75, 3.05) is 13.2 Å². The molecule has 1 unspecified atom stereocenters. The summed E-state index contributed by atoms with van der Waals surface area (Å²) in [6.07, 6.45) is 74.0. The van der Waals surface area contributed by atoms with Crippen molar-refractivity contribution in [2.45, 2.75) is 335 Å². The standard InChI is InChI=1S/C65H118O6/c1-4-7-10-13-16-19-22-25-27-28-29-30-31-32-33-34-35-36-37-38-39-41-43-46-49-52-55-58-64(67)70-61-62(60-69-63(66)57-54-51-48-45-42-24-21-18-15-12-9-6-3)71-65(68)59-56-53-50-47-44-40-26-23-20-17-14-11-8-5-2/h18,21-22,25,28-29,31-32,62H,4-17,19-20,23-24,26-27,30,33-61H2,1-3H3/b21-18-,25-22-,29-28-,32-31-. The third-order valence-electron chi connectivity index (χ3n) is 13.8. The second-order valence-electron chi connectivity index (χ2n) is 21.0. The number of unbranched alkanes of at least 4 members (excludes halogenated alkanes) is 38. The van der Waals surface area contributed by atoms with Gasteiger partial charge in [0.15, 0.2) is 6.10 Å². The summed E-state index contributed by atoms with van der Waals surface area (Å²) in [6.45, 7) is 6.63. The molecule has 0 N–H and O–H groups in total. The monoisotopic (exact) mass is 995 g/mol. The molecule has 0 amide bonds. The largest absolute Gasteiger partial charge is 0.462 e. The first-order valence-corrected chi connectivity index (χ1v) is 31.1. The van der Waals surface area contributed by atoms with Crippen LogP contribution in [-0.4, -0.2) is 37.2 Å². The Balaban J connectivity index is 4.21. The van der Waals surface area contributed by atoms with Gasteiger partial charge in [-0.1, -0.05) is 275 Å². The van der Waals surface area contributed by atoms with Crippen LogP contribution in [0, 0.1) is 0 Å². The van der Waals surface area contributed by atoms with Crippen LogP contribution < -0.4 is 0 Å². The summed E-state index contributed by atoms with van der Waals surface area (Å²) in [5, 5.41) is 0. The third-order valence-corrected chi connectivity index (χ3v) is 13.8. The predicted octanol–water partition coefficient (Wildman–Crippen LogP) is 21.0. The highest BCUT2D eigenvalue weighted by molar-refractivity contribution is 5.71. The molecule has 0 heterocycles. The van der Waals surface area contributed by atoms with Crippen LogP contribution in [-0.2, 0) is 28.6 Å². The van der Waals surface area contributed by atoms with Gasteiger partial charge in [0.1, 0.15) is 13.2 Å². The van der Waals surface area contributed by atoms with E-state index in [1.807, 2.05) is 0 Å². The van der Waals surface area contributed by atoms with Crippen LogP contribution in [0.25, 0.3) is 0 Å². The fourth-order valence-corrected chi connectivity index (χ4v) is 9.09. The second kappa shape index (κ2) is 59.9. The van der Waals surface area contributed by atoms with Gasteiger partial charge in [0.2, 0.25) is 0 Å². The van der Waals surface area contributed by atoms with Gasteiger partial charge in [0.05, 0.1) is 0 Å². The molecule has 0 saturated carbocycles. The van der Waals surface area contributed by atoms with E-state index in [-0.39, 0.29) is 31.1 Å². The molecule has 0 fully saturated rings. The van der Waals surface area contributed by atoms with Crippen LogP contribution in [0.4, 0.5) is 0 Å². The average molecular weight is 996 g/mol. The van der Waals surface area contributed by atoms with E-state index in [4.69, 9.17) is 14.2 Å². The molecule has 0 aliphatic carbocycles. The number of hydrogen-bond donors (Lipinski definition) is 0. The summed E-state index contributed by atoms with van der Waals surface area (Å²) < 4.78 is 16.9. The minimum absolute atomic E-state index is 0.0731. The fraction of sp³-hybridized carbons (Fsp3) is 0.831. The van der Waals surface area contributed by atoms with Gasteiger partial charge in [-0.15, -0.1) is 0 Å². The minimum Gasteiger partial charge on any atom is -0.462 e. The maximum absolute atomic E-state index is 12.8. The Hall–Kier alpha value is -2.63. The molecule has 0 radical (unpaired) electrons. The van der Waals surface area contributed by atoms with Crippen molar-refractivity contribution in [3.05, 3.63) is 48.6 Å². The molecular formula is C65H118O6. The fourth-order valence-electron chi connectivity index (χ4n) is 9.09. The normalized spacial score (nSPS) is 12.3. The van der Waals surface area contributed by atoms with E-state index < -0.39 is 6.10 Å². The highest BCUT2D eigenvalue weighted by atomic mass is 16.6. The molecule has 0 aliphatic rings. The van der Waals surface area contributed by atoms with Gasteiger partial charge >= 0.3 is 17.9 Å².